The van der Waals surface area contributed by atoms with E-state index in [1.807, 2.05) is 0 Å². The van der Waals surface area contributed by atoms with Crippen LogP contribution in [0.1, 0.15) is 0 Å². The van der Waals surface area contributed by atoms with Crippen molar-refractivity contribution in [3.63, 3.8) is 0 Å². The van der Waals surface area contributed by atoms with E-state index in [9.17, 15) is 0 Å². The minimum atomic E-state index is 0.0162. The Morgan fingerprint density at radius 3 is 2.29 bits per heavy atom. The summed E-state index contributed by atoms with van der Waals surface area (Å²) in [6.45, 7) is 0. The Morgan fingerprint density at radius 1 is 1.57 bits per heavy atom. The zero-order chi connectivity index (χ0) is 5.70. The number of rotatable bonds is 3. The Hall–Kier alpha value is -0.200. The molecule has 0 aromatic rings. The molecule has 0 heterocycles. The molecule has 0 spiro atoms. The number of quaternary nitrogens is 1. The molecule has 0 bridgehead atoms. The molecule has 1 atom stereocenters. The van der Waals surface area contributed by atoms with E-state index in [0.29, 0.717) is 0 Å². The fourth-order valence-corrected chi connectivity index (χ4v) is 0.153. The summed E-state index contributed by atoms with van der Waals surface area (Å²) in [6.07, 6.45) is 0. The third-order valence-electron chi connectivity index (χ3n) is 0.431. The summed E-state index contributed by atoms with van der Waals surface area (Å²) in [5.74, 6) is 6.74. The zero-order valence-electron chi connectivity index (χ0n) is 4.41. The van der Waals surface area contributed by atoms with Gasteiger partial charge in [0.15, 0.2) is 0 Å². The highest BCUT2D eigenvalue weighted by atomic mass is 16.9. The van der Waals surface area contributed by atoms with Crippen molar-refractivity contribution < 1.29 is 10.2 Å². The zero-order valence-corrected chi connectivity index (χ0v) is 4.41. The van der Waals surface area contributed by atoms with Gasteiger partial charge in [0.05, 0.1) is 0 Å². The van der Waals surface area contributed by atoms with Crippen LogP contribution in [0.3, 0.4) is 0 Å². The Morgan fingerprint density at radius 2 is 2.14 bits per heavy atom. The molecule has 5 nitrogen and oxygen atoms in total. The quantitative estimate of drug-likeness (QED) is 0.366. The van der Waals surface area contributed by atoms with Gasteiger partial charge in [-0.2, -0.15) is 5.28 Å². The predicted molar refractivity (Wildman–Crippen MR) is 24.5 cm³/mol. The van der Waals surface area contributed by atoms with E-state index >= 15 is 0 Å². The summed E-state index contributed by atoms with van der Waals surface area (Å²) in [6, 6.07) is 0. The minimum Gasteiger partial charge on any atom is -0.411 e. The number of hydroxylamine groups is 1. The van der Waals surface area contributed by atoms with E-state index in [-0.39, 0.29) is 5.28 Å². The monoisotopic (exact) mass is 106 g/mol. The van der Waals surface area contributed by atoms with Crippen molar-refractivity contribution in [1.82, 2.24) is 10.9 Å². The maximum atomic E-state index is 6.74. The molecule has 0 aliphatic rings. The average Bonchev–Trinajstić information content (AvgIpc) is 1.68. The average molecular weight is 106 g/mol. The van der Waals surface area contributed by atoms with Crippen molar-refractivity contribution in [2.45, 2.75) is 0 Å². The second-order valence-electron chi connectivity index (χ2n) is 0.885. The number of nitrogens with one attached hydrogen (secondary N) is 4. The molecule has 0 fully saturated rings. The topological polar surface area (TPSA) is 61.5 Å². The highest BCUT2D eigenvalue weighted by Gasteiger charge is 1.82. The SMILES string of the molecule is CNO[NH+]([NH-])NC. The molecule has 4 N–H and O–H groups in total. The molecule has 0 radical (unpaired) electrons. The van der Waals surface area contributed by atoms with Crippen LogP contribution >= 0.6 is 0 Å². The summed E-state index contributed by atoms with van der Waals surface area (Å²) in [7, 11) is 3.20. The van der Waals surface area contributed by atoms with E-state index in [4.69, 9.17) is 5.84 Å². The molecule has 0 rings (SSSR count). The highest BCUT2D eigenvalue weighted by molar-refractivity contribution is 3.87. The first-order valence-electron chi connectivity index (χ1n) is 1.91. The highest BCUT2D eigenvalue weighted by Crippen LogP contribution is 1.32. The van der Waals surface area contributed by atoms with Gasteiger partial charge in [-0.1, -0.05) is 0 Å². The Labute approximate surface area is 42.3 Å². The van der Waals surface area contributed by atoms with E-state index in [1.165, 1.54) is 0 Å². The summed E-state index contributed by atoms with van der Waals surface area (Å²) >= 11 is 0. The van der Waals surface area contributed by atoms with Gasteiger partial charge in [0.2, 0.25) is 0 Å². The van der Waals surface area contributed by atoms with E-state index in [2.05, 4.69) is 15.8 Å². The van der Waals surface area contributed by atoms with E-state index < -0.39 is 0 Å². The van der Waals surface area contributed by atoms with Crippen molar-refractivity contribution in [3.8, 4) is 0 Å². The van der Waals surface area contributed by atoms with Crippen molar-refractivity contribution >= 4 is 0 Å². The minimum absolute atomic E-state index is 0.0162. The molecule has 0 saturated carbocycles. The molecule has 7 heavy (non-hydrogen) atoms. The molecule has 1 unspecified atom stereocenters. The molecule has 0 aromatic heterocycles. The number of hydrogen-bond acceptors (Lipinski definition) is 3. The third-order valence-corrected chi connectivity index (χ3v) is 0.431. The summed E-state index contributed by atoms with van der Waals surface area (Å²) in [4.78, 5) is 4.41. The van der Waals surface area contributed by atoms with Crippen molar-refractivity contribution in [2.75, 3.05) is 14.1 Å². The fourth-order valence-electron chi connectivity index (χ4n) is 0.153. The van der Waals surface area contributed by atoms with Crippen LogP contribution in [0.5, 0.6) is 0 Å². The fraction of sp³-hybridized carbons (Fsp3) is 1.00. The van der Waals surface area contributed by atoms with Gasteiger partial charge >= 0.3 is 0 Å². The van der Waals surface area contributed by atoms with Gasteiger partial charge in [0.1, 0.15) is 0 Å². The van der Waals surface area contributed by atoms with Gasteiger partial charge in [0, 0.05) is 14.1 Å². The van der Waals surface area contributed by atoms with Crippen LogP contribution in [-0.4, -0.2) is 14.1 Å². The summed E-state index contributed by atoms with van der Waals surface area (Å²) < 4.78 is 0. The summed E-state index contributed by atoms with van der Waals surface area (Å²) in [5, 5.41) is 0.0162. The van der Waals surface area contributed by atoms with Gasteiger partial charge in [-0.25, -0.2) is 0 Å². The molecular formula is C2H10N4O. The normalized spacial score (nSPS) is 14.1. The third kappa shape index (κ3) is 3.64. The van der Waals surface area contributed by atoms with E-state index in [1.54, 1.807) is 14.1 Å². The van der Waals surface area contributed by atoms with Crippen LogP contribution in [0.2, 0.25) is 0 Å². The van der Waals surface area contributed by atoms with Crippen LogP contribution in [-0.2, 0) is 4.94 Å². The largest absolute Gasteiger partial charge is 0.411 e. The Bertz CT molecular complexity index is 40.7. The van der Waals surface area contributed by atoms with Crippen LogP contribution in [0, 0.1) is 0 Å². The summed E-state index contributed by atoms with van der Waals surface area (Å²) in [5.41, 5.74) is 4.80. The lowest BCUT2D eigenvalue weighted by Crippen LogP contribution is -3.12. The van der Waals surface area contributed by atoms with Gasteiger partial charge < -0.3 is 5.84 Å². The molecule has 0 aromatic carbocycles. The lowest BCUT2D eigenvalue weighted by molar-refractivity contribution is -1.10. The molecule has 44 valence electrons. The Kier molecular flexibility index (Phi) is 3.86. The first kappa shape index (κ1) is 6.80. The smallest absolute Gasteiger partial charge is 0.0358 e. The first-order chi connectivity index (χ1) is 3.31. The van der Waals surface area contributed by atoms with Crippen molar-refractivity contribution in [1.29, 1.82) is 0 Å². The standard InChI is InChI=1S/C2H10N4O/c1-4-6(3)7-5-2/h3-6H,1-2H3. The second kappa shape index (κ2) is 3.97. The molecule has 0 aliphatic carbocycles. The molecule has 0 aliphatic heterocycles. The lowest BCUT2D eigenvalue weighted by Gasteiger charge is -2.13. The molecular weight excluding hydrogens is 96.0 g/mol. The first-order valence-corrected chi connectivity index (χ1v) is 1.91. The maximum Gasteiger partial charge on any atom is 0.0358 e. The van der Waals surface area contributed by atoms with Gasteiger partial charge in [-0.05, 0) is 0 Å². The van der Waals surface area contributed by atoms with E-state index in [0.717, 1.165) is 0 Å². The number of hydrogen-bond donors (Lipinski definition) is 3. The second-order valence-corrected chi connectivity index (χ2v) is 0.885. The van der Waals surface area contributed by atoms with Crippen LogP contribution in [0.25, 0.3) is 5.84 Å². The van der Waals surface area contributed by atoms with Crippen LogP contribution in [0.15, 0.2) is 0 Å². The van der Waals surface area contributed by atoms with Crippen LogP contribution in [0.4, 0.5) is 0 Å². The molecule has 0 saturated heterocycles. The molecule has 5 heteroatoms. The lowest BCUT2D eigenvalue weighted by atomic mass is 11.5. The van der Waals surface area contributed by atoms with Crippen LogP contribution < -0.4 is 16.2 Å². The predicted octanol–water partition coefficient (Wildman–Crippen LogP) is -1.96. The van der Waals surface area contributed by atoms with Crippen molar-refractivity contribution in [3.05, 3.63) is 5.84 Å². The molecule has 0 amide bonds. The van der Waals surface area contributed by atoms with Gasteiger partial charge in [0.25, 0.3) is 0 Å². The maximum absolute atomic E-state index is 6.74. The van der Waals surface area contributed by atoms with Gasteiger partial charge in [-0.3, -0.25) is 0 Å². The van der Waals surface area contributed by atoms with Gasteiger partial charge in [-0.15, -0.1) is 15.8 Å². The Balaban J connectivity index is 2.83. The van der Waals surface area contributed by atoms with Crippen molar-refractivity contribution in [2.24, 2.45) is 0 Å².